The van der Waals surface area contributed by atoms with Crippen LogP contribution in [-0.4, -0.2) is 15.0 Å². The van der Waals surface area contributed by atoms with Crippen molar-refractivity contribution in [1.29, 1.82) is 0 Å². The normalized spacial score (nSPS) is 14.5. The molecule has 0 aliphatic heterocycles. The first kappa shape index (κ1) is 16.9. The summed E-state index contributed by atoms with van der Waals surface area (Å²) in [5, 5.41) is 1.37. The highest BCUT2D eigenvalue weighted by Gasteiger charge is 2.16. The van der Waals surface area contributed by atoms with E-state index in [1.807, 2.05) is 78.9 Å². The molecule has 0 saturated heterocycles. The Morgan fingerprint density at radius 2 is 1.00 bits per heavy atom. The second-order valence-electron chi connectivity index (χ2n) is 9.75. The smallest absolute Gasteiger partial charge is 0.164 e. The zero-order valence-corrected chi connectivity index (χ0v) is 23.2. The summed E-state index contributed by atoms with van der Waals surface area (Å²) in [5.74, 6) is 1.43. The van der Waals surface area contributed by atoms with Gasteiger partial charge in [0, 0.05) is 42.4 Å². The SMILES string of the molecule is [2H]c1c([2H])c([2H])c(-c2cc(-c3c([2H])c([2H])c([2H])c([2H])c3[2H])c3sc4cc(-c5nc(-c6ccccc6)nc(-c6ccccc6)n5)ccc4c3c2)c([2H])c1[2H]. The van der Waals surface area contributed by atoms with Gasteiger partial charge in [-0.1, -0.05) is 133 Å². The molecular formula is C39H25N3S. The van der Waals surface area contributed by atoms with Gasteiger partial charge in [-0.15, -0.1) is 11.3 Å². The van der Waals surface area contributed by atoms with Crippen molar-refractivity contribution in [3.63, 3.8) is 0 Å². The fraction of sp³-hybridized carbons (Fsp3) is 0. The Morgan fingerprint density at radius 3 is 1.60 bits per heavy atom. The quantitative estimate of drug-likeness (QED) is 0.204. The zero-order valence-electron chi connectivity index (χ0n) is 32.4. The summed E-state index contributed by atoms with van der Waals surface area (Å²) in [5.41, 5.74) is 2.74. The molecule has 0 aliphatic rings. The summed E-state index contributed by atoms with van der Waals surface area (Å²) in [4.78, 5) is 14.5. The maximum Gasteiger partial charge on any atom is 0.164 e. The van der Waals surface area contributed by atoms with Crippen molar-refractivity contribution in [1.82, 2.24) is 15.0 Å². The summed E-state index contributed by atoms with van der Waals surface area (Å²) < 4.78 is 86.1. The predicted octanol–water partition coefficient (Wildman–Crippen LogP) is 10.6. The molecule has 0 radical (unpaired) electrons. The number of hydrogen-bond acceptors (Lipinski definition) is 4. The molecule has 8 aromatic rings. The molecule has 0 N–H and O–H groups in total. The summed E-state index contributed by atoms with van der Waals surface area (Å²) in [6.45, 7) is 0. The number of thiophene rings is 1. The first-order valence-electron chi connectivity index (χ1n) is 18.5. The molecule has 0 amide bonds. The minimum absolute atomic E-state index is 0.0560. The van der Waals surface area contributed by atoms with Crippen LogP contribution in [-0.2, 0) is 0 Å². The van der Waals surface area contributed by atoms with Crippen molar-refractivity contribution in [3.8, 4) is 56.4 Å². The van der Waals surface area contributed by atoms with Crippen molar-refractivity contribution in [2.75, 3.05) is 0 Å². The molecule has 0 saturated carbocycles. The Morgan fingerprint density at radius 1 is 0.442 bits per heavy atom. The average Bonchev–Trinajstić information content (AvgIpc) is 3.56. The van der Waals surface area contributed by atoms with E-state index in [-0.39, 0.29) is 22.3 Å². The third-order valence-corrected chi connectivity index (χ3v) is 8.29. The number of rotatable bonds is 5. The molecule has 6 aromatic carbocycles. The molecule has 3 nitrogen and oxygen atoms in total. The van der Waals surface area contributed by atoms with Crippen molar-refractivity contribution < 1.29 is 13.7 Å². The van der Waals surface area contributed by atoms with Gasteiger partial charge in [-0.05, 0) is 34.9 Å². The number of fused-ring (bicyclic) bond motifs is 3. The van der Waals surface area contributed by atoms with Crippen molar-refractivity contribution in [2.45, 2.75) is 0 Å². The van der Waals surface area contributed by atoms with Crippen LogP contribution in [0.4, 0.5) is 0 Å². The minimum Gasteiger partial charge on any atom is -0.208 e. The molecule has 0 spiro atoms. The molecule has 0 fully saturated rings. The lowest BCUT2D eigenvalue weighted by Gasteiger charge is -2.09. The van der Waals surface area contributed by atoms with Gasteiger partial charge < -0.3 is 0 Å². The van der Waals surface area contributed by atoms with E-state index in [9.17, 15) is 0 Å². The summed E-state index contributed by atoms with van der Waals surface area (Å²) >= 11 is 1.34. The summed E-state index contributed by atoms with van der Waals surface area (Å²) in [6, 6.07) is 23.4. The molecule has 8 rings (SSSR count). The van der Waals surface area contributed by atoms with Crippen LogP contribution in [0.3, 0.4) is 0 Å². The van der Waals surface area contributed by atoms with Crippen LogP contribution < -0.4 is 0 Å². The highest BCUT2D eigenvalue weighted by molar-refractivity contribution is 7.26. The zero-order chi connectivity index (χ0) is 37.3. The van der Waals surface area contributed by atoms with Crippen LogP contribution in [0.25, 0.3) is 76.6 Å². The molecule has 0 aliphatic carbocycles. The predicted molar refractivity (Wildman–Crippen MR) is 180 cm³/mol. The van der Waals surface area contributed by atoms with E-state index >= 15 is 0 Å². The number of aromatic nitrogens is 3. The third kappa shape index (κ3) is 4.78. The van der Waals surface area contributed by atoms with Gasteiger partial charge in [-0.25, -0.2) is 15.0 Å². The van der Waals surface area contributed by atoms with Gasteiger partial charge in [0.25, 0.3) is 0 Å². The first-order chi connectivity index (χ1) is 25.4. The van der Waals surface area contributed by atoms with Gasteiger partial charge in [-0.3, -0.25) is 0 Å². The molecule has 202 valence electrons. The third-order valence-electron chi connectivity index (χ3n) is 7.09. The molecule has 2 aromatic heterocycles. The summed E-state index contributed by atoms with van der Waals surface area (Å²) in [6.07, 6.45) is 0. The Hall–Kier alpha value is -5.45. The maximum atomic E-state index is 8.82. The van der Waals surface area contributed by atoms with E-state index in [1.54, 1.807) is 12.1 Å². The largest absolute Gasteiger partial charge is 0.208 e. The van der Waals surface area contributed by atoms with Gasteiger partial charge in [-0.2, -0.15) is 0 Å². The molecule has 0 atom stereocenters. The molecule has 0 bridgehead atoms. The van der Waals surface area contributed by atoms with E-state index in [2.05, 4.69) is 0 Å². The van der Waals surface area contributed by atoms with Gasteiger partial charge >= 0.3 is 0 Å². The van der Waals surface area contributed by atoms with Gasteiger partial charge in [0.1, 0.15) is 0 Å². The van der Waals surface area contributed by atoms with Crippen LogP contribution in [0.5, 0.6) is 0 Å². The number of nitrogens with zero attached hydrogens (tertiary/aromatic N) is 3. The van der Waals surface area contributed by atoms with Crippen molar-refractivity contribution >= 4 is 31.5 Å². The fourth-order valence-corrected chi connectivity index (χ4v) is 6.31. The highest BCUT2D eigenvalue weighted by atomic mass is 32.1. The Labute approximate surface area is 267 Å². The second-order valence-corrected chi connectivity index (χ2v) is 10.8. The average molecular weight is 578 g/mol. The highest BCUT2D eigenvalue weighted by Crippen LogP contribution is 2.43. The molecule has 4 heteroatoms. The Kier molecular flexibility index (Phi) is 4.21. The lowest BCUT2D eigenvalue weighted by atomic mass is 9.96. The Balaban J connectivity index is 1.41. The monoisotopic (exact) mass is 577 g/mol. The van der Waals surface area contributed by atoms with E-state index in [0.29, 0.717) is 33.1 Å². The van der Waals surface area contributed by atoms with Crippen molar-refractivity contribution in [2.24, 2.45) is 0 Å². The Bertz CT molecular complexity index is 2680. The van der Waals surface area contributed by atoms with Crippen LogP contribution in [0.1, 0.15) is 13.7 Å². The second kappa shape index (κ2) is 10.8. The molecule has 2 heterocycles. The first-order valence-corrected chi connectivity index (χ1v) is 14.3. The van der Waals surface area contributed by atoms with Gasteiger partial charge in [0.2, 0.25) is 0 Å². The molecule has 0 unspecified atom stereocenters. The maximum absolute atomic E-state index is 8.82. The van der Waals surface area contributed by atoms with E-state index in [4.69, 9.17) is 28.7 Å². The van der Waals surface area contributed by atoms with Crippen LogP contribution in [0.2, 0.25) is 0 Å². The molecule has 43 heavy (non-hydrogen) atoms. The number of benzene rings is 6. The van der Waals surface area contributed by atoms with Crippen LogP contribution in [0, 0.1) is 0 Å². The fourth-order valence-electron chi connectivity index (χ4n) is 5.06. The van der Waals surface area contributed by atoms with Crippen LogP contribution >= 0.6 is 11.3 Å². The van der Waals surface area contributed by atoms with Crippen molar-refractivity contribution in [3.05, 3.63) is 151 Å². The van der Waals surface area contributed by atoms with E-state index < -0.39 is 60.4 Å². The lowest BCUT2D eigenvalue weighted by molar-refractivity contribution is 1.07. The lowest BCUT2D eigenvalue weighted by Crippen LogP contribution is -1.99. The topological polar surface area (TPSA) is 38.7 Å². The standard InChI is InChI=1S/C39H25N3S/c1-5-13-26(14-6-1)31-23-33(27-15-7-2-8-16-27)36-34(24-31)32-22-21-30(25-35(32)43-36)39-41-37(28-17-9-3-10-18-28)40-38(42-39)29-19-11-4-12-20-29/h1-25H/i1D,2D,5D,6D,7D,8D,13D,14D,15D,16D. The minimum atomic E-state index is -0.537. The van der Waals surface area contributed by atoms with E-state index in [1.165, 1.54) is 11.3 Å². The van der Waals surface area contributed by atoms with Gasteiger partial charge in [0.05, 0.1) is 13.7 Å². The van der Waals surface area contributed by atoms with Gasteiger partial charge in [0.15, 0.2) is 17.5 Å². The van der Waals surface area contributed by atoms with Crippen LogP contribution in [0.15, 0.2) is 151 Å². The summed E-state index contributed by atoms with van der Waals surface area (Å²) in [7, 11) is 0. The number of hydrogen-bond donors (Lipinski definition) is 0. The molecular weight excluding hydrogens is 543 g/mol. The van der Waals surface area contributed by atoms with E-state index in [0.717, 1.165) is 21.2 Å².